The van der Waals surface area contributed by atoms with Crippen molar-refractivity contribution in [1.82, 2.24) is 5.06 Å². The van der Waals surface area contributed by atoms with Crippen LogP contribution in [0.3, 0.4) is 0 Å². The van der Waals surface area contributed by atoms with E-state index in [1.807, 2.05) is 0 Å². The summed E-state index contributed by atoms with van der Waals surface area (Å²) in [6.07, 6.45) is 2.27. The standard InChI is InChI=1S/C7H13NO2/c1-6-4-3-5-8(6)10-7(2)9/h6H,3-5H2,1-2H3. The van der Waals surface area contributed by atoms with E-state index >= 15 is 0 Å². The molecule has 0 spiro atoms. The molecule has 0 radical (unpaired) electrons. The van der Waals surface area contributed by atoms with Gasteiger partial charge in [0.1, 0.15) is 0 Å². The summed E-state index contributed by atoms with van der Waals surface area (Å²) < 4.78 is 0. The molecule has 1 unspecified atom stereocenters. The molecular formula is C7H13NO2. The van der Waals surface area contributed by atoms with E-state index in [0.29, 0.717) is 6.04 Å². The van der Waals surface area contributed by atoms with Gasteiger partial charge in [-0.25, -0.2) is 0 Å². The highest BCUT2D eigenvalue weighted by Gasteiger charge is 2.22. The SMILES string of the molecule is CC(=O)ON1CCCC1C. The van der Waals surface area contributed by atoms with E-state index in [0.717, 1.165) is 19.4 Å². The minimum Gasteiger partial charge on any atom is -0.368 e. The normalized spacial score (nSPS) is 26.8. The lowest BCUT2D eigenvalue weighted by molar-refractivity contribution is -0.190. The van der Waals surface area contributed by atoms with Gasteiger partial charge in [-0.1, -0.05) is 0 Å². The zero-order chi connectivity index (χ0) is 7.56. The molecule has 0 aromatic rings. The number of carbonyl (C=O) groups is 1. The summed E-state index contributed by atoms with van der Waals surface area (Å²) in [6, 6.07) is 0.406. The van der Waals surface area contributed by atoms with Gasteiger partial charge >= 0.3 is 5.97 Å². The molecule has 0 aliphatic carbocycles. The Kier molecular flexibility index (Phi) is 2.27. The molecule has 0 amide bonds. The summed E-state index contributed by atoms with van der Waals surface area (Å²) >= 11 is 0. The summed E-state index contributed by atoms with van der Waals surface area (Å²) in [4.78, 5) is 15.4. The van der Waals surface area contributed by atoms with Gasteiger partial charge in [-0.15, -0.1) is 5.06 Å². The molecule has 1 aliphatic heterocycles. The lowest BCUT2D eigenvalue weighted by Crippen LogP contribution is -2.28. The predicted molar refractivity (Wildman–Crippen MR) is 37.2 cm³/mol. The first-order chi connectivity index (χ1) is 4.70. The van der Waals surface area contributed by atoms with E-state index in [1.165, 1.54) is 6.92 Å². The van der Waals surface area contributed by atoms with Crippen molar-refractivity contribution in [2.24, 2.45) is 0 Å². The molecule has 1 fully saturated rings. The lowest BCUT2D eigenvalue weighted by atomic mass is 10.3. The monoisotopic (exact) mass is 143 g/mol. The van der Waals surface area contributed by atoms with Crippen LogP contribution in [0.4, 0.5) is 0 Å². The molecule has 0 aromatic heterocycles. The van der Waals surface area contributed by atoms with Crippen LogP contribution >= 0.6 is 0 Å². The Bertz CT molecular complexity index is 136. The molecule has 10 heavy (non-hydrogen) atoms. The Morgan fingerprint density at radius 2 is 2.40 bits per heavy atom. The van der Waals surface area contributed by atoms with Gasteiger partial charge in [0.2, 0.25) is 0 Å². The number of hydrogen-bond acceptors (Lipinski definition) is 3. The number of nitrogens with zero attached hydrogens (tertiary/aromatic N) is 1. The van der Waals surface area contributed by atoms with Crippen molar-refractivity contribution in [1.29, 1.82) is 0 Å². The van der Waals surface area contributed by atoms with Crippen molar-refractivity contribution in [3.8, 4) is 0 Å². The number of rotatable bonds is 1. The largest absolute Gasteiger partial charge is 0.368 e. The summed E-state index contributed by atoms with van der Waals surface area (Å²) in [5, 5.41) is 1.75. The van der Waals surface area contributed by atoms with E-state index in [-0.39, 0.29) is 5.97 Å². The lowest BCUT2D eigenvalue weighted by Gasteiger charge is -2.18. The molecule has 1 saturated heterocycles. The molecular weight excluding hydrogens is 130 g/mol. The van der Waals surface area contributed by atoms with Crippen LogP contribution in [0.2, 0.25) is 0 Å². The highest BCUT2D eigenvalue weighted by Crippen LogP contribution is 2.16. The molecule has 1 atom stereocenters. The molecule has 1 rings (SSSR count). The van der Waals surface area contributed by atoms with Gasteiger partial charge < -0.3 is 4.84 Å². The van der Waals surface area contributed by atoms with Crippen molar-refractivity contribution in [2.45, 2.75) is 32.7 Å². The first kappa shape index (κ1) is 7.54. The summed E-state index contributed by atoms with van der Waals surface area (Å²) in [7, 11) is 0. The van der Waals surface area contributed by atoms with Gasteiger partial charge in [-0.05, 0) is 19.8 Å². The van der Waals surface area contributed by atoms with E-state index in [9.17, 15) is 4.79 Å². The Labute approximate surface area is 60.9 Å². The molecule has 58 valence electrons. The Hall–Kier alpha value is -0.570. The van der Waals surface area contributed by atoms with Crippen LogP contribution in [0.25, 0.3) is 0 Å². The molecule has 1 heterocycles. The van der Waals surface area contributed by atoms with Crippen LogP contribution in [0.5, 0.6) is 0 Å². The molecule has 0 aromatic carbocycles. The number of hydroxylamine groups is 2. The summed E-state index contributed by atoms with van der Waals surface area (Å²) in [5.74, 6) is -0.214. The van der Waals surface area contributed by atoms with Crippen molar-refractivity contribution in [3.05, 3.63) is 0 Å². The van der Waals surface area contributed by atoms with Crippen LogP contribution in [0.15, 0.2) is 0 Å². The Morgan fingerprint density at radius 3 is 2.80 bits per heavy atom. The second-order valence-electron chi connectivity index (χ2n) is 2.71. The second kappa shape index (κ2) is 3.01. The predicted octanol–water partition coefficient (Wildman–Crippen LogP) is 0.949. The molecule has 0 saturated carbocycles. The first-order valence-corrected chi connectivity index (χ1v) is 3.65. The van der Waals surface area contributed by atoms with Gasteiger partial charge in [0.05, 0.1) is 0 Å². The maximum atomic E-state index is 10.5. The Balaban J connectivity index is 2.33. The first-order valence-electron chi connectivity index (χ1n) is 3.65. The third-order valence-corrected chi connectivity index (χ3v) is 1.74. The zero-order valence-corrected chi connectivity index (χ0v) is 6.46. The van der Waals surface area contributed by atoms with Crippen molar-refractivity contribution in [3.63, 3.8) is 0 Å². The van der Waals surface area contributed by atoms with E-state index < -0.39 is 0 Å². The van der Waals surface area contributed by atoms with E-state index in [1.54, 1.807) is 5.06 Å². The number of hydrogen-bond donors (Lipinski definition) is 0. The third-order valence-electron chi connectivity index (χ3n) is 1.74. The van der Waals surface area contributed by atoms with Gasteiger partial charge in [0.25, 0.3) is 0 Å². The molecule has 0 bridgehead atoms. The quantitative estimate of drug-likeness (QED) is 0.547. The molecule has 3 nitrogen and oxygen atoms in total. The van der Waals surface area contributed by atoms with Crippen molar-refractivity contribution >= 4 is 5.97 Å². The van der Waals surface area contributed by atoms with Crippen LogP contribution < -0.4 is 0 Å². The van der Waals surface area contributed by atoms with Crippen molar-refractivity contribution in [2.75, 3.05) is 6.54 Å². The van der Waals surface area contributed by atoms with Gasteiger partial charge in [-0.2, -0.15) is 0 Å². The topological polar surface area (TPSA) is 29.5 Å². The fourth-order valence-corrected chi connectivity index (χ4v) is 1.21. The maximum Gasteiger partial charge on any atom is 0.322 e. The third kappa shape index (κ3) is 1.70. The van der Waals surface area contributed by atoms with Crippen LogP contribution in [-0.4, -0.2) is 23.6 Å². The highest BCUT2D eigenvalue weighted by atomic mass is 16.7. The summed E-state index contributed by atoms with van der Waals surface area (Å²) in [5.41, 5.74) is 0. The van der Waals surface area contributed by atoms with Crippen molar-refractivity contribution < 1.29 is 9.63 Å². The minimum absolute atomic E-state index is 0.214. The highest BCUT2D eigenvalue weighted by molar-refractivity contribution is 5.65. The smallest absolute Gasteiger partial charge is 0.322 e. The molecule has 1 aliphatic rings. The van der Waals surface area contributed by atoms with Crippen LogP contribution in [0, 0.1) is 0 Å². The van der Waals surface area contributed by atoms with Crippen LogP contribution in [0.1, 0.15) is 26.7 Å². The maximum absolute atomic E-state index is 10.5. The van der Waals surface area contributed by atoms with Gasteiger partial charge in [-0.3, -0.25) is 4.79 Å². The average Bonchev–Trinajstić information content (AvgIpc) is 2.15. The second-order valence-corrected chi connectivity index (χ2v) is 2.71. The fourth-order valence-electron chi connectivity index (χ4n) is 1.21. The van der Waals surface area contributed by atoms with Gasteiger partial charge in [0, 0.05) is 19.5 Å². The molecule has 0 N–H and O–H groups in total. The zero-order valence-electron chi connectivity index (χ0n) is 6.46. The fraction of sp³-hybridized carbons (Fsp3) is 0.857. The Morgan fingerprint density at radius 1 is 1.70 bits per heavy atom. The van der Waals surface area contributed by atoms with E-state index in [4.69, 9.17) is 4.84 Å². The van der Waals surface area contributed by atoms with Crippen LogP contribution in [-0.2, 0) is 9.63 Å². The number of carbonyl (C=O) groups excluding carboxylic acids is 1. The average molecular weight is 143 g/mol. The summed E-state index contributed by atoms with van der Waals surface area (Å²) in [6.45, 7) is 4.39. The van der Waals surface area contributed by atoms with E-state index in [2.05, 4.69) is 6.92 Å². The van der Waals surface area contributed by atoms with Gasteiger partial charge in [0.15, 0.2) is 0 Å². The minimum atomic E-state index is -0.214. The molecule has 3 heteroatoms.